The molecule has 1 N–H and O–H groups in total. The summed E-state index contributed by atoms with van der Waals surface area (Å²) in [6.45, 7) is 11.3. The van der Waals surface area contributed by atoms with E-state index < -0.39 is 0 Å². The Balaban J connectivity index is 1.82. The first-order chi connectivity index (χ1) is 8.50. The van der Waals surface area contributed by atoms with E-state index in [2.05, 4.69) is 19.2 Å². The molecule has 3 aliphatic rings. The van der Waals surface area contributed by atoms with Crippen molar-refractivity contribution in [1.29, 1.82) is 0 Å². The summed E-state index contributed by atoms with van der Waals surface area (Å²) in [5.41, 5.74) is 0.517. The van der Waals surface area contributed by atoms with E-state index in [1.165, 1.54) is 19.3 Å². The summed E-state index contributed by atoms with van der Waals surface area (Å²) in [6, 6.07) is 0.110. The van der Waals surface area contributed by atoms with Crippen LogP contribution >= 0.6 is 0 Å². The number of carbonyl (C=O) groups is 1. The van der Waals surface area contributed by atoms with E-state index in [9.17, 15) is 4.79 Å². The topological polar surface area (TPSA) is 32.3 Å². The van der Waals surface area contributed by atoms with E-state index in [0.29, 0.717) is 11.3 Å². The number of rotatable bonds is 4. The van der Waals surface area contributed by atoms with Crippen molar-refractivity contribution in [3.05, 3.63) is 0 Å². The molecule has 0 radical (unpaired) electrons. The lowest BCUT2D eigenvalue weighted by Gasteiger charge is -2.60. The fourth-order valence-corrected chi connectivity index (χ4v) is 4.05. The van der Waals surface area contributed by atoms with Gasteiger partial charge in [0.05, 0.1) is 0 Å². The number of hydrogen-bond acceptors (Lipinski definition) is 1. The smallest absolute Gasteiger partial charge is 0.317 e. The monoisotopic (exact) mass is 252 g/mol. The van der Waals surface area contributed by atoms with Gasteiger partial charge in [0.1, 0.15) is 0 Å². The van der Waals surface area contributed by atoms with Crippen molar-refractivity contribution >= 4 is 6.03 Å². The van der Waals surface area contributed by atoms with Gasteiger partial charge in [-0.1, -0.05) is 13.8 Å². The lowest BCUT2D eigenvalue weighted by molar-refractivity contribution is -0.103. The zero-order valence-corrected chi connectivity index (χ0v) is 12.3. The molecule has 3 aliphatic carbocycles. The van der Waals surface area contributed by atoms with Crippen molar-refractivity contribution < 1.29 is 4.79 Å². The summed E-state index contributed by atoms with van der Waals surface area (Å²) >= 11 is 0. The minimum absolute atomic E-state index is 0.110. The normalized spacial score (nSPS) is 32.6. The van der Waals surface area contributed by atoms with Crippen LogP contribution in [-0.4, -0.2) is 30.6 Å². The standard InChI is InChI=1S/C15H28N2O/c1-5-17(6-2)14(18)16-10-11-7-8-12-9-13(11)15(12,3)4/h11-13H,5-10H2,1-4H3,(H,16,18)/t11?,12-,13-/m1/s1. The van der Waals surface area contributed by atoms with E-state index >= 15 is 0 Å². The molecule has 0 heterocycles. The number of urea groups is 1. The van der Waals surface area contributed by atoms with Crippen molar-refractivity contribution in [3.8, 4) is 0 Å². The van der Waals surface area contributed by atoms with Gasteiger partial charge < -0.3 is 10.2 Å². The molecular formula is C15H28N2O. The van der Waals surface area contributed by atoms with Gasteiger partial charge in [-0.05, 0) is 56.3 Å². The van der Waals surface area contributed by atoms with Crippen LogP contribution in [0, 0.1) is 23.2 Å². The van der Waals surface area contributed by atoms with Crippen molar-refractivity contribution in [2.24, 2.45) is 23.2 Å². The second-order valence-electron chi connectivity index (χ2n) is 6.56. The Kier molecular flexibility index (Phi) is 3.88. The van der Waals surface area contributed by atoms with Gasteiger partial charge in [0, 0.05) is 19.6 Å². The number of hydrogen-bond donors (Lipinski definition) is 1. The number of fused-ring (bicyclic) bond motifs is 2. The van der Waals surface area contributed by atoms with Crippen LogP contribution in [0.5, 0.6) is 0 Å². The van der Waals surface area contributed by atoms with Gasteiger partial charge in [0.15, 0.2) is 0 Å². The summed E-state index contributed by atoms with van der Waals surface area (Å²) in [7, 11) is 0. The van der Waals surface area contributed by atoms with Crippen LogP contribution < -0.4 is 5.32 Å². The van der Waals surface area contributed by atoms with Gasteiger partial charge in [0.2, 0.25) is 0 Å². The van der Waals surface area contributed by atoms with Crippen LogP contribution in [0.25, 0.3) is 0 Å². The molecule has 0 aromatic rings. The first kappa shape index (κ1) is 13.7. The van der Waals surface area contributed by atoms with Gasteiger partial charge in [0.25, 0.3) is 0 Å². The highest BCUT2D eigenvalue weighted by molar-refractivity contribution is 5.74. The zero-order chi connectivity index (χ0) is 13.3. The van der Waals surface area contributed by atoms with Gasteiger partial charge in [-0.2, -0.15) is 0 Å². The van der Waals surface area contributed by atoms with Crippen LogP contribution in [0.15, 0.2) is 0 Å². The minimum Gasteiger partial charge on any atom is -0.338 e. The number of nitrogens with one attached hydrogen (secondary N) is 1. The van der Waals surface area contributed by atoms with E-state index in [-0.39, 0.29) is 6.03 Å². The Morgan fingerprint density at radius 2 is 1.94 bits per heavy atom. The molecule has 1 unspecified atom stereocenters. The molecule has 3 fully saturated rings. The third-order valence-electron chi connectivity index (χ3n) is 5.57. The quantitative estimate of drug-likeness (QED) is 0.819. The molecule has 0 spiro atoms. The summed E-state index contributed by atoms with van der Waals surface area (Å²) in [4.78, 5) is 13.8. The molecule has 2 amide bonds. The molecule has 0 saturated heterocycles. The third-order valence-corrected chi connectivity index (χ3v) is 5.57. The molecule has 2 bridgehead atoms. The maximum absolute atomic E-state index is 11.9. The highest BCUT2D eigenvalue weighted by Crippen LogP contribution is 2.61. The Morgan fingerprint density at radius 3 is 2.44 bits per heavy atom. The van der Waals surface area contributed by atoms with E-state index in [0.717, 1.165) is 31.5 Å². The van der Waals surface area contributed by atoms with Crippen molar-refractivity contribution in [1.82, 2.24) is 10.2 Å². The second-order valence-corrected chi connectivity index (χ2v) is 6.56. The van der Waals surface area contributed by atoms with E-state index in [4.69, 9.17) is 0 Å². The molecule has 0 aromatic heterocycles. The van der Waals surface area contributed by atoms with Gasteiger partial charge in [-0.3, -0.25) is 0 Å². The lowest BCUT2D eigenvalue weighted by atomic mass is 9.45. The summed E-state index contributed by atoms with van der Waals surface area (Å²) in [5, 5.41) is 3.13. The number of carbonyl (C=O) groups excluding carboxylic acids is 1. The molecule has 0 aliphatic heterocycles. The summed E-state index contributed by atoms with van der Waals surface area (Å²) < 4.78 is 0. The molecule has 3 nitrogen and oxygen atoms in total. The fourth-order valence-electron chi connectivity index (χ4n) is 4.05. The maximum atomic E-state index is 11.9. The Labute approximate surface area is 111 Å². The van der Waals surface area contributed by atoms with Gasteiger partial charge in [-0.15, -0.1) is 0 Å². The van der Waals surface area contributed by atoms with Crippen molar-refractivity contribution in [3.63, 3.8) is 0 Å². The van der Waals surface area contributed by atoms with Crippen molar-refractivity contribution in [2.45, 2.75) is 47.0 Å². The predicted molar refractivity (Wildman–Crippen MR) is 74.4 cm³/mol. The summed E-state index contributed by atoms with van der Waals surface area (Å²) in [6.07, 6.45) is 4.05. The Morgan fingerprint density at radius 1 is 1.28 bits per heavy atom. The van der Waals surface area contributed by atoms with Crippen LogP contribution in [0.4, 0.5) is 4.79 Å². The molecule has 104 valence electrons. The first-order valence-corrected chi connectivity index (χ1v) is 7.53. The van der Waals surface area contributed by atoms with Crippen LogP contribution in [-0.2, 0) is 0 Å². The summed E-state index contributed by atoms with van der Waals surface area (Å²) in [5.74, 6) is 2.47. The highest BCUT2D eigenvalue weighted by atomic mass is 16.2. The average Bonchev–Trinajstić information content (AvgIpc) is 2.37. The Hall–Kier alpha value is -0.730. The molecule has 3 heteroatoms. The number of nitrogens with zero attached hydrogens (tertiary/aromatic N) is 1. The molecule has 3 rings (SSSR count). The fraction of sp³-hybridized carbons (Fsp3) is 0.933. The SMILES string of the molecule is CCN(CC)C(=O)NCC1CC[C@@H]2C[C@H]1C2(C)C. The molecule has 18 heavy (non-hydrogen) atoms. The first-order valence-electron chi connectivity index (χ1n) is 7.53. The Bertz CT molecular complexity index is 308. The van der Waals surface area contributed by atoms with E-state index in [1.807, 2.05) is 18.7 Å². The highest BCUT2D eigenvalue weighted by Gasteiger charge is 2.53. The van der Waals surface area contributed by atoms with Gasteiger partial charge >= 0.3 is 6.03 Å². The van der Waals surface area contributed by atoms with Gasteiger partial charge in [-0.25, -0.2) is 4.79 Å². The molecule has 0 aromatic carbocycles. The molecule has 3 saturated carbocycles. The predicted octanol–water partition coefficient (Wildman–Crippen LogP) is 3.11. The van der Waals surface area contributed by atoms with Crippen LogP contribution in [0.3, 0.4) is 0 Å². The van der Waals surface area contributed by atoms with E-state index in [1.54, 1.807) is 0 Å². The lowest BCUT2D eigenvalue weighted by Crippen LogP contribution is -2.55. The molecular weight excluding hydrogens is 224 g/mol. The molecule has 3 atom stereocenters. The second kappa shape index (κ2) is 5.10. The maximum Gasteiger partial charge on any atom is 0.317 e. The minimum atomic E-state index is 0.110. The van der Waals surface area contributed by atoms with Crippen LogP contribution in [0.1, 0.15) is 47.0 Å². The largest absolute Gasteiger partial charge is 0.338 e. The van der Waals surface area contributed by atoms with Crippen molar-refractivity contribution in [2.75, 3.05) is 19.6 Å². The average molecular weight is 252 g/mol. The van der Waals surface area contributed by atoms with Crippen LogP contribution in [0.2, 0.25) is 0 Å². The zero-order valence-electron chi connectivity index (χ0n) is 12.3. The number of amides is 2. The third kappa shape index (κ3) is 2.24.